The van der Waals surface area contributed by atoms with Gasteiger partial charge in [0.15, 0.2) is 0 Å². The maximum absolute atomic E-state index is 12.4. The summed E-state index contributed by atoms with van der Waals surface area (Å²) in [5.41, 5.74) is 0.287. The lowest BCUT2D eigenvalue weighted by Crippen LogP contribution is -2.46. The van der Waals surface area contributed by atoms with Crippen molar-refractivity contribution in [3.8, 4) is 0 Å². The standard InChI is InChI=1S/C16H27NO3/c1-16(2)9-5-6-11(10-16)17-14(18)12-7-3-4-8-13(12)15(19)20/h11-13H,3-10H2,1-2H3,(H,17,18)(H,19,20)/t11?,12-,13+/m1/s1. The molecule has 2 N–H and O–H groups in total. The number of carboxylic acid groups (broad SMARTS) is 1. The first-order valence-electron chi connectivity index (χ1n) is 7.92. The third-order valence-corrected chi connectivity index (χ3v) is 4.97. The molecule has 1 amide bonds. The number of aliphatic carboxylic acids is 1. The smallest absolute Gasteiger partial charge is 0.307 e. The molecule has 0 aromatic rings. The predicted octanol–water partition coefficient (Wildman–Crippen LogP) is 2.96. The summed E-state index contributed by atoms with van der Waals surface area (Å²) in [7, 11) is 0. The molecule has 114 valence electrons. The van der Waals surface area contributed by atoms with Crippen LogP contribution in [0, 0.1) is 17.3 Å². The van der Waals surface area contributed by atoms with Gasteiger partial charge in [-0.2, -0.15) is 0 Å². The van der Waals surface area contributed by atoms with E-state index < -0.39 is 11.9 Å². The Bertz CT molecular complexity index is 378. The van der Waals surface area contributed by atoms with Crippen LogP contribution in [0.1, 0.15) is 65.2 Å². The molecule has 2 rings (SSSR count). The quantitative estimate of drug-likeness (QED) is 0.835. The van der Waals surface area contributed by atoms with E-state index in [0.717, 1.165) is 38.5 Å². The molecule has 0 spiro atoms. The number of carbonyl (C=O) groups excluding carboxylic acids is 1. The third kappa shape index (κ3) is 3.74. The minimum Gasteiger partial charge on any atom is -0.481 e. The van der Waals surface area contributed by atoms with Crippen molar-refractivity contribution in [1.29, 1.82) is 0 Å². The van der Waals surface area contributed by atoms with Crippen molar-refractivity contribution in [3.63, 3.8) is 0 Å². The van der Waals surface area contributed by atoms with Crippen molar-refractivity contribution >= 4 is 11.9 Å². The maximum atomic E-state index is 12.4. The molecule has 2 fully saturated rings. The molecule has 0 aliphatic heterocycles. The fraction of sp³-hybridized carbons (Fsp3) is 0.875. The van der Waals surface area contributed by atoms with Gasteiger partial charge in [0, 0.05) is 6.04 Å². The highest BCUT2D eigenvalue weighted by atomic mass is 16.4. The number of hydrogen-bond acceptors (Lipinski definition) is 2. The average molecular weight is 281 g/mol. The van der Waals surface area contributed by atoms with Crippen LogP contribution in [-0.4, -0.2) is 23.0 Å². The largest absolute Gasteiger partial charge is 0.481 e. The van der Waals surface area contributed by atoms with E-state index in [1.807, 2.05) is 0 Å². The Morgan fingerprint density at radius 2 is 1.70 bits per heavy atom. The number of rotatable bonds is 3. The van der Waals surface area contributed by atoms with Gasteiger partial charge in [-0.15, -0.1) is 0 Å². The Balaban J connectivity index is 1.94. The SMILES string of the molecule is CC1(C)CCCC(NC(=O)[C@@H]2CCCC[C@@H]2C(=O)O)C1. The number of amides is 1. The Labute approximate surface area is 121 Å². The Kier molecular flexibility index (Phi) is 4.71. The van der Waals surface area contributed by atoms with Crippen LogP contribution in [-0.2, 0) is 9.59 Å². The summed E-state index contributed by atoms with van der Waals surface area (Å²) >= 11 is 0. The summed E-state index contributed by atoms with van der Waals surface area (Å²) in [5.74, 6) is -1.65. The number of hydrogen-bond donors (Lipinski definition) is 2. The summed E-state index contributed by atoms with van der Waals surface area (Å²) in [4.78, 5) is 23.7. The molecule has 0 saturated heterocycles. The monoisotopic (exact) mass is 281 g/mol. The fourth-order valence-corrected chi connectivity index (χ4v) is 3.87. The fourth-order valence-electron chi connectivity index (χ4n) is 3.87. The van der Waals surface area contributed by atoms with E-state index in [9.17, 15) is 14.7 Å². The Morgan fingerprint density at radius 3 is 2.30 bits per heavy atom. The number of carbonyl (C=O) groups is 2. The van der Waals surface area contributed by atoms with Gasteiger partial charge in [-0.25, -0.2) is 0 Å². The van der Waals surface area contributed by atoms with Crippen LogP contribution in [0.5, 0.6) is 0 Å². The van der Waals surface area contributed by atoms with Crippen LogP contribution < -0.4 is 5.32 Å². The molecule has 0 heterocycles. The summed E-state index contributed by atoms with van der Waals surface area (Å²) in [5, 5.41) is 12.4. The molecule has 2 aliphatic rings. The van der Waals surface area contributed by atoms with Crippen molar-refractivity contribution in [2.24, 2.45) is 17.3 Å². The van der Waals surface area contributed by atoms with E-state index in [-0.39, 0.29) is 23.3 Å². The minimum atomic E-state index is -0.811. The average Bonchev–Trinajstić information content (AvgIpc) is 2.37. The summed E-state index contributed by atoms with van der Waals surface area (Å²) < 4.78 is 0. The molecule has 2 aliphatic carbocycles. The third-order valence-electron chi connectivity index (χ3n) is 4.97. The lowest BCUT2D eigenvalue weighted by atomic mass is 9.74. The van der Waals surface area contributed by atoms with Crippen molar-refractivity contribution in [2.45, 2.75) is 71.3 Å². The first kappa shape index (κ1) is 15.3. The summed E-state index contributed by atoms with van der Waals surface area (Å²) in [6, 6.07) is 0.225. The van der Waals surface area contributed by atoms with E-state index in [1.165, 1.54) is 6.42 Å². The van der Waals surface area contributed by atoms with Crippen molar-refractivity contribution in [2.75, 3.05) is 0 Å². The second kappa shape index (κ2) is 6.15. The van der Waals surface area contributed by atoms with Gasteiger partial charge in [0.2, 0.25) is 5.91 Å². The highest BCUT2D eigenvalue weighted by Gasteiger charge is 2.37. The molecule has 0 radical (unpaired) electrons. The van der Waals surface area contributed by atoms with Gasteiger partial charge in [0.25, 0.3) is 0 Å². The Morgan fingerprint density at radius 1 is 1.05 bits per heavy atom. The summed E-state index contributed by atoms with van der Waals surface area (Å²) in [6.07, 6.45) is 7.64. The van der Waals surface area contributed by atoms with Crippen molar-refractivity contribution in [3.05, 3.63) is 0 Å². The van der Waals surface area contributed by atoms with Gasteiger partial charge in [0.05, 0.1) is 11.8 Å². The first-order chi connectivity index (χ1) is 9.39. The van der Waals surface area contributed by atoms with Crippen LogP contribution >= 0.6 is 0 Å². The van der Waals surface area contributed by atoms with E-state index in [1.54, 1.807) is 0 Å². The van der Waals surface area contributed by atoms with E-state index >= 15 is 0 Å². The molecule has 3 atom stereocenters. The Hall–Kier alpha value is -1.06. The number of nitrogens with one attached hydrogen (secondary N) is 1. The second-order valence-electron chi connectivity index (χ2n) is 7.30. The zero-order valence-electron chi connectivity index (χ0n) is 12.7. The minimum absolute atomic E-state index is 0.0280. The van der Waals surface area contributed by atoms with Gasteiger partial charge < -0.3 is 10.4 Å². The van der Waals surface area contributed by atoms with Crippen LogP contribution in [0.3, 0.4) is 0 Å². The van der Waals surface area contributed by atoms with Crippen LogP contribution in [0.25, 0.3) is 0 Å². The molecule has 4 heteroatoms. The second-order valence-corrected chi connectivity index (χ2v) is 7.30. The van der Waals surface area contributed by atoms with E-state index in [4.69, 9.17) is 0 Å². The lowest BCUT2D eigenvalue weighted by molar-refractivity contribution is -0.149. The topological polar surface area (TPSA) is 66.4 Å². The van der Waals surface area contributed by atoms with Gasteiger partial charge >= 0.3 is 5.97 Å². The number of carboxylic acids is 1. The van der Waals surface area contributed by atoms with Gasteiger partial charge in [-0.1, -0.05) is 33.1 Å². The lowest BCUT2D eigenvalue weighted by Gasteiger charge is -2.37. The zero-order chi connectivity index (χ0) is 14.8. The molecular weight excluding hydrogens is 254 g/mol. The van der Waals surface area contributed by atoms with E-state index in [0.29, 0.717) is 6.42 Å². The van der Waals surface area contributed by atoms with Crippen molar-refractivity contribution in [1.82, 2.24) is 5.32 Å². The molecular formula is C16H27NO3. The summed E-state index contributed by atoms with van der Waals surface area (Å²) in [6.45, 7) is 4.48. The zero-order valence-corrected chi connectivity index (χ0v) is 12.7. The highest BCUT2D eigenvalue weighted by molar-refractivity contribution is 5.85. The molecule has 0 aromatic carbocycles. The molecule has 0 bridgehead atoms. The normalized spacial score (nSPS) is 33.4. The molecule has 4 nitrogen and oxygen atoms in total. The first-order valence-corrected chi connectivity index (χ1v) is 7.92. The molecule has 1 unspecified atom stereocenters. The molecule has 0 aromatic heterocycles. The van der Waals surface area contributed by atoms with E-state index in [2.05, 4.69) is 19.2 Å². The van der Waals surface area contributed by atoms with Gasteiger partial charge in [-0.3, -0.25) is 9.59 Å². The van der Waals surface area contributed by atoms with Crippen molar-refractivity contribution < 1.29 is 14.7 Å². The molecule has 2 saturated carbocycles. The molecule has 20 heavy (non-hydrogen) atoms. The highest BCUT2D eigenvalue weighted by Crippen LogP contribution is 2.36. The van der Waals surface area contributed by atoms with Crippen LogP contribution in [0.2, 0.25) is 0 Å². The van der Waals surface area contributed by atoms with Gasteiger partial charge in [0.1, 0.15) is 0 Å². The maximum Gasteiger partial charge on any atom is 0.307 e. The van der Waals surface area contributed by atoms with Crippen LogP contribution in [0.15, 0.2) is 0 Å². The van der Waals surface area contributed by atoms with Gasteiger partial charge in [-0.05, 0) is 37.5 Å². The van der Waals surface area contributed by atoms with Crippen LogP contribution in [0.4, 0.5) is 0 Å². The predicted molar refractivity (Wildman–Crippen MR) is 77.3 cm³/mol.